The summed E-state index contributed by atoms with van der Waals surface area (Å²) in [6, 6.07) is 9.23. The fourth-order valence-corrected chi connectivity index (χ4v) is 6.27. The van der Waals surface area contributed by atoms with E-state index in [-0.39, 0.29) is 41.7 Å². The maximum absolute atomic E-state index is 12.8. The lowest BCUT2D eigenvalue weighted by molar-refractivity contribution is -0.154. The summed E-state index contributed by atoms with van der Waals surface area (Å²) in [5, 5.41) is 2.85. The zero-order valence-electron chi connectivity index (χ0n) is 24.4. The Hall–Kier alpha value is -3.16. The minimum atomic E-state index is -3.85. The molecule has 0 fully saturated rings. The van der Waals surface area contributed by atoms with Crippen molar-refractivity contribution in [1.29, 1.82) is 0 Å². The van der Waals surface area contributed by atoms with Gasteiger partial charge in [-0.05, 0) is 62.6 Å². The molecule has 0 heterocycles. The number of carbonyl (C=O) groups is 2. The number of methoxy groups -OCH3 is 1. The van der Waals surface area contributed by atoms with Gasteiger partial charge in [0.2, 0.25) is 5.91 Å². The maximum Gasteiger partial charge on any atom is 0.311 e. The number of rotatable bonds is 14. The zero-order chi connectivity index (χ0) is 31.0. The highest BCUT2D eigenvalue weighted by atomic mass is 32.2. The third-order valence-corrected chi connectivity index (χ3v) is 8.37. The number of hydrogen-bond donors (Lipinski definition) is 2. The van der Waals surface area contributed by atoms with Gasteiger partial charge in [-0.1, -0.05) is 12.1 Å². The smallest absolute Gasteiger partial charge is 0.311 e. The fraction of sp³-hybridized carbons (Fsp3) is 0.500. The van der Waals surface area contributed by atoms with E-state index in [9.17, 15) is 26.4 Å². The van der Waals surface area contributed by atoms with Crippen molar-refractivity contribution in [2.45, 2.75) is 43.4 Å². The van der Waals surface area contributed by atoms with Crippen LogP contribution in [-0.2, 0) is 46.8 Å². The van der Waals surface area contributed by atoms with E-state index >= 15 is 0 Å². The van der Waals surface area contributed by atoms with Crippen LogP contribution >= 0.6 is 0 Å². The van der Waals surface area contributed by atoms with Crippen LogP contribution in [0.15, 0.2) is 46.2 Å². The molecule has 11 nitrogen and oxygen atoms in total. The number of hydrogen-bond acceptors (Lipinski definition) is 10. The quantitative estimate of drug-likeness (QED) is 0.301. The standard InChI is InChI=1S/C28H40N2O9S2/c1-28(2,3)27(32)39-18-21(13-19-8-10-24(40(5,33)34)25(15-19)41(6,35)36)17-30-26(31)16-20-7-9-22(38-12-11-29)23(14-20)37-4/h7-10,14-15,21H,11-13,16-18,29H2,1-6H3,(H,30,31). The van der Waals surface area contributed by atoms with E-state index in [0.717, 1.165) is 12.5 Å². The SMILES string of the molecule is COc1cc(CC(=O)NCC(COC(=O)C(C)(C)C)Cc2ccc(S(C)(=O)=O)c(S(C)(=O)=O)c2)ccc1OCCN. The van der Waals surface area contributed by atoms with Crippen LogP contribution in [0.3, 0.4) is 0 Å². The van der Waals surface area contributed by atoms with E-state index in [4.69, 9.17) is 19.9 Å². The predicted octanol–water partition coefficient (Wildman–Crippen LogP) is 1.95. The lowest BCUT2D eigenvalue weighted by Gasteiger charge is -2.22. The topological polar surface area (TPSA) is 168 Å². The Morgan fingerprint density at radius 1 is 0.927 bits per heavy atom. The number of sulfone groups is 2. The lowest BCUT2D eigenvalue weighted by atomic mass is 9.96. The normalized spacial score (nSPS) is 12.9. The molecule has 13 heteroatoms. The Labute approximate surface area is 242 Å². The molecule has 2 aromatic rings. The van der Waals surface area contributed by atoms with Crippen molar-refractivity contribution >= 4 is 31.6 Å². The van der Waals surface area contributed by atoms with Gasteiger partial charge in [-0.25, -0.2) is 16.8 Å². The highest BCUT2D eigenvalue weighted by molar-refractivity contribution is 7.93. The minimum absolute atomic E-state index is 0.0422. The van der Waals surface area contributed by atoms with Crippen LogP contribution < -0.4 is 20.5 Å². The average molecular weight is 613 g/mol. The van der Waals surface area contributed by atoms with E-state index in [2.05, 4.69) is 5.32 Å². The molecule has 2 aromatic carbocycles. The molecule has 0 aromatic heterocycles. The largest absolute Gasteiger partial charge is 0.493 e. The average Bonchev–Trinajstić information content (AvgIpc) is 2.87. The van der Waals surface area contributed by atoms with Gasteiger partial charge in [-0.2, -0.15) is 0 Å². The molecule has 0 saturated carbocycles. The zero-order valence-corrected chi connectivity index (χ0v) is 26.0. The van der Waals surface area contributed by atoms with E-state index in [0.29, 0.717) is 35.8 Å². The van der Waals surface area contributed by atoms with Crippen molar-refractivity contribution in [2.24, 2.45) is 17.1 Å². The predicted molar refractivity (Wildman–Crippen MR) is 155 cm³/mol. The summed E-state index contributed by atoms with van der Waals surface area (Å²) in [6.07, 6.45) is 2.14. The van der Waals surface area contributed by atoms with Crippen LogP contribution in [-0.4, -0.2) is 74.6 Å². The third-order valence-electron chi connectivity index (χ3n) is 5.95. The van der Waals surface area contributed by atoms with Crippen LogP contribution in [0.1, 0.15) is 31.9 Å². The molecule has 3 N–H and O–H groups in total. The van der Waals surface area contributed by atoms with Crippen LogP contribution in [0.2, 0.25) is 0 Å². The second-order valence-corrected chi connectivity index (χ2v) is 14.8. The molecule has 1 amide bonds. The number of ether oxygens (including phenoxy) is 3. The molecule has 228 valence electrons. The van der Waals surface area contributed by atoms with Crippen LogP contribution in [0.25, 0.3) is 0 Å². The fourth-order valence-electron chi connectivity index (χ4n) is 3.83. The third kappa shape index (κ3) is 10.6. The number of esters is 1. The first-order chi connectivity index (χ1) is 19.0. The number of amides is 1. The molecular formula is C28H40N2O9S2. The lowest BCUT2D eigenvalue weighted by Crippen LogP contribution is -2.35. The molecule has 0 aliphatic rings. The Bertz CT molecular complexity index is 1450. The Morgan fingerprint density at radius 3 is 2.12 bits per heavy atom. The molecule has 0 saturated heterocycles. The van der Waals surface area contributed by atoms with Gasteiger partial charge >= 0.3 is 5.97 Å². The van der Waals surface area contributed by atoms with Crippen LogP contribution in [0.5, 0.6) is 11.5 Å². The number of benzene rings is 2. The number of carbonyl (C=O) groups excluding carboxylic acids is 2. The first-order valence-electron chi connectivity index (χ1n) is 12.9. The Balaban J connectivity index is 2.23. The second kappa shape index (κ2) is 14.1. The number of nitrogens with two attached hydrogens (primary N) is 1. The highest BCUT2D eigenvalue weighted by Gasteiger charge is 2.26. The van der Waals surface area contributed by atoms with Crippen molar-refractivity contribution < 1.29 is 40.6 Å². The van der Waals surface area contributed by atoms with E-state index in [1.165, 1.54) is 25.3 Å². The van der Waals surface area contributed by atoms with Gasteiger partial charge in [0.25, 0.3) is 0 Å². The number of nitrogens with one attached hydrogen (secondary N) is 1. The minimum Gasteiger partial charge on any atom is -0.493 e. The molecule has 0 aliphatic carbocycles. The monoisotopic (exact) mass is 612 g/mol. The van der Waals surface area contributed by atoms with E-state index in [1.54, 1.807) is 39.0 Å². The van der Waals surface area contributed by atoms with Gasteiger partial charge in [0.15, 0.2) is 31.2 Å². The van der Waals surface area contributed by atoms with E-state index < -0.39 is 37.0 Å². The Kier molecular flexibility index (Phi) is 11.7. The summed E-state index contributed by atoms with van der Waals surface area (Å²) >= 11 is 0. The van der Waals surface area contributed by atoms with Crippen LogP contribution in [0.4, 0.5) is 0 Å². The summed E-state index contributed by atoms with van der Waals surface area (Å²) in [6.45, 7) is 5.89. The van der Waals surface area contributed by atoms with Gasteiger partial charge < -0.3 is 25.3 Å². The molecular weight excluding hydrogens is 572 g/mol. The van der Waals surface area contributed by atoms with Crippen molar-refractivity contribution in [3.05, 3.63) is 47.5 Å². The van der Waals surface area contributed by atoms with Gasteiger partial charge in [-0.3, -0.25) is 9.59 Å². The van der Waals surface area contributed by atoms with Gasteiger partial charge in [0.05, 0.1) is 35.3 Å². The summed E-state index contributed by atoms with van der Waals surface area (Å²) in [5.74, 6) is -0.169. The summed E-state index contributed by atoms with van der Waals surface area (Å²) in [5.41, 5.74) is 5.94. The molecule has 1 atom stereocenters. The first-order valence-corrected chi connectivity index (χ1v) is 16.7. The van der Waals surface area contributed by atoms with Crippen molar-refractivity contribution in [3.8, 4) is 11.5 Å². The molecule has 0 spiro atoms. The summed E-state index contributed by atoms with van der Waals surface area (Å²) in [7, 11) is -6.15. The van der Waals surface area contributed by atoms with Crippen molar-refractivity contribution in [3.63, 3.8) is 0 Å². The maximum atomic E-state index is 12.8. The first kappa shape index (κ1) is 34.0. The van der Waals surface area contributed by atoms with Gasteiger partial charge in [0.1, 0.15) is 6.61 Å². The Morgan fingerprint density at radius 2 is 1.56 bits per heavy atom. The molecule has 41 heavy (non-hydrogen) atoms. The summed E-state index contributed by atoms with van der Waals surface area (Å²) in [4.78, 5) is 24.6. The molecule has 1 unspecified atom stereocenters. The van der Waals surface area contributed by atoms with Gasteiger partial charge in [0, 0.05) is 31.5 Å². The molecule has 2 rings (SSSR count). The highest BCUT2D eigenvalue weighted by Crippen LogP contribution is 2.28. The van der Waals surface area contributed by atoms with Crippen LogP contribution in [0, 0.1) is 11.3 Å². The van der Waals surface area contributed by atoms with Gasteiger partial charge in [-0.15, -0.1) is 0 Å². The van der Waals surface area contributed by atoms with E-state index in [1.807, 2.05) is 0 Å². The second-order valence-electron chi connectivity index (χ2n) is 10.8. The summed E-state index contributed by atoms with van der Waals surface area (Å²) < 4.78 is 65.4. The van der Waals surface area contributed by atoms with Crippen molar-refractivity contribution in [2.75, 3.05) is 45.9 Å². The molecule has 0 aliphatic heterocycles. The molecule has 0 bridgehead atoms. The molecule has 0 radical (unpaired) electrons. The van der Waals surface area contributed by atoms with Crippen molar-refractivity contribution in [1.82, 2.24) is 5.32 Å².